The van der Waals surface area contributed by atoms with Gasteiger partial charge in [-0.15, -0.1) is 0 Å². The number of hydrogen-bond donors (Lipinski definition) is 0. The Morgan fingerprint density at radius 1 is 1.00 bits per heavy atom. The predicted octanol–water partition coefficient (Wildman–Crippen LogP) is 1.16. The van der Waals surface area contributed by atoms with Crippen molar-refractivity contribution in [3.63, 3.8) is 0 Å². The van der Waals surface area contributed by atoms with Crippen LogP contribution in [0.1, 0.15) is 0 Å². The zero-order valence-corrected chi connectivity index (χ0v) is 5.94. The highest BCUT2D eigenvalue weighted by atomic mass is 19.4. The first-order chi connectivity index (χ1) is 4.65. The van der Waals surface area contributed by atoms with Crippen LogP contribution in [0, 0.1) is 0 Å². The largest absolute Gasteiger partial charge is 0.762 e. The van der Waals surface area contributed by atoms with E-state index in [-0.39, 0.29) is 0 Å². The molecule has 0 radical (unpaired) electrons. The zero-order valence-electron chi connectivity index (χ0n) is 5.94. The van der Waals surface area contributed by atoms with Gasteiger partial charge < -0.3 is 9.47 Å². The van der Waals surface area contributed by atoms with Gasteiger partial charge in [0.15, 0.2) is 0 Å². The average Bonchev–Trinajstić information content (AvgIpc) is 1.82. The van der Waals surface area contributed by atoms with Gasteiger partial charge in [-0.25, -0.2) is 0 Å². The number of methoxy groups -OCH3 is 2. The molecule has 0 fully saturated rings. The lowest BCUT2D eigenvalue weighted by atomic mass is 10.5. The van der Waals surface area contributed by atoms with Crippen molar-refractivity contribution < 1.29 is 22.4 Å². The van der Waals surface area contributed by atoms with Crippen LogP contribution in [-0.2, 0) is 9.47 Å². The normalized spacial score (nSPS) is 8.10. The molecule has 0 atom stereocenters. The van der Waals surface area contributed by atoms with E-state index in [1.54, 1.807) is 14.2 Å². The molecule has 2 nitrogen and oxygen atoms in total. The molecular weight excluding hydrogens is 148 g/mol. The Kier molecular flexibility index (Phi) is 14.4. The monoisotopic (exact) mass is 158 g/mol. The molecule has 0 spiro atoms. The molecule has 0 aliphatic heterocycles. The van der Waals surface area contributed by atoms with Gasteiger partial charge in [0.05, 0.1) is 13.2 Å². The van der Waals surface area contributed by atoms with E-state index in [1.165, 1.54) is 0 Å². The van der Waals surface area contributed by atoms with Crippen LogP contribution < -0.4 is 0 Å². The fourth-order valence-electron chi connectivity index (χ4n) is 0.167. The predicted molar refractivity (Wildman–Crippen MR) is 32.8 cm³/mol. The lowest BCUT2D eigenvalue weighted by Gasteiger charge is -1.91. The van der Waals surface area contributed by atoms with Crippen LogP contribution in [0.25, 0.3) is 0 Å². The average molecular weight is 158 g/mol. The fraction of sp³-hybridized carbons (Fsp3) is 1.00. The van der Waals surface area contributed by atoms with E-state index in [1.807, 2.05) is 0 Å². The van der Waals surface area contributed by atoms with Crippen molar-refractivity contribution in [3.05, 3.63) is 0 Å². The maximum absolute atomic E-state index is 9.67. The van der Waals surface area contributed by atoms with Crippen LogP contribution >= 0.6 is 0 Å². The van der Waals surface area contributed by atoms with Crippen LogP contribution in [0.3, 0.4) is 0 Å². The van der Waals surface area contributed by atoms with Gasteiger partial charge in [-0.1, -0.05) is 0 Å². The second kappa shape index (κ2) is 11.6. The topological polar surface area (TPSA) is 18.5 Å². The highest BCUT2D eigenvalue weighted by Crippen LogP contribution is 1.80. The Balaban J connectivity index is 0. The van der Waals surface area contributed by atoms with Crippen molar-refractivity contribution in [3.8, 4) is 0 Å². The van der Waals surface area contributed by atoms with Crippen molar-refractivity contribution in [2.75, 3.05) is 27.4 Å². The molecular formula is C4H10BF3O2. The second-order valence-electron chi connectivity index (χ2n) is 1.23. The molecule has 0 saturated carbocycles. The third kappa shape index (κ3) is 46.3. The lowest BCUT2D eigenvalue weighted by Crippen LogP contribution is -1.96. The maximum atomic E-state index is 9.67. The van der Waals surface area contributed by atoms with E-state index in [2.05, 4.69) is 9.47 Å². The van der Waals surface area contributed by atoms with Crippen LogP contribution in [0.4, 0.5) is 12.9 Å². The van der Waals surface area contributed by atoms with E-state index in [9.17, 15) is 12.9 Å². The summed E-state index contributed by atoms with van der Waals surface area (Å²) in [6.45, 7) is 1.38. The van der Waals surface area contributed by atoms with Crippen LogP contribution in [0.5, 0.6) is 0 Å². The molecule has 6 heteroatoms. The molecule has 0 unspecified atom stereocenters. The van der Waals surface area contributed by atoms with Crippen LogP contribution in [0.2, 0.25) is 0 Å². The molecule has 0 aliphatic carbocycles. The molecule has 0 heterocycles. The molecule has 0 aromatic carbocycles. The van der Waals surface area contributed by atoms with Crippen molar-refractivity contribution in [2.24, 2.45) is 0 Å². The van der Waals surface area contributed by atoms with E-state index < -0.39 is 7.54 Å². The Morgan fingerprint density at radius 3 is 1.30 bits per heavy atom. The molecule has 0 aromatic heterocycles. The molecule has 0 amide bonds. The smallest absolute Gasteiger partial charge is 0.382 e. The van der Waals surface area contributed by atoms with Gasteiger partial charge in [0.2, 0.25) is 0 Å². The lowest BCUT2D eigenvalue weighted by molar-refractivity contribution is 0.103. The fourth-order valence-corrected chi connectivity index (χ4v) is 0.167. The second-order valence-corrected chi connectivity index (χ2v) is 1.23. The van der Waals surface area contributed by atoms with E-state index >= 15 is 0 Å². The third-order valence-electron chi connectivity index (χ3n) is 0.492. The van der Waals surface area contributed by atoms with Gasteiger partial charge in [-0.3, -0.25) is 12.9 Å². The quantitative estimate of drug-likeness (QED) is 0.453. The highest BCUT2D eigenvalue weighted by molar-refractivity contribution is 6.33. The van der Waals surface area contributed by atoms with Gasteiger partial charge in [0.25, 0.3) is 0 Å². The van der Waals surface area contributed by atoms with Gasteiger partial charge in [0, 0.05) is 14.2 Å². The molecule has 0 aromatic rings. The molecule has 0 saturated heterocycles. The molecule has 0 bridgehead atoms. The van der Waals surface area contributed by atoms with Crippen molar-refractivity contribution >= 4 is 7.54 Å². The number of rotatable bonds is 3. The standard InChI is InChI=1S/C4H10O2.BF3/c1-5-3-4-6-2;2-1(3)4/h3-4H2,1-2H3;. The molecule has 10 heavy (non-hydrogen) atoms. The summed E-state index contributed by atoms with van der Waals surface area (Å²) in [5, 5.41) is 0. The van der Waals surface area contributed by atoms with Crippen LogP contribution in [0.15, 0.2) is 0 Å². The van der Waals surface area contributed by atoms with Gasteiger partial charge >= 0.3 is 7.54 Å². The van der Waals surface area contributed by atoms with Crippen molar-refractivity contribution in [2.45, 2.75) is 0 Å². The van der Waals surface area contributed by atoms with E-state index in [0.29, 0.717) is 13.2 Å². The SMILES string of the molecule is COCCOC.FB(F)F. The number of halogens is 3. The summed E-state index contributed by atoms with van der Waals surface area (Å²) in [7, 11) is -0.363. The minimum Gasteiger partial charge on any atom is -0.382 e. The highest BCUT2D eigenvalue weighted by Gasteiger charge is 2.06. The molecule has 62 valence electrons. The summed E-state index contributed by atoms with van der Waals surface area (Å²) < 4.78 is 38.3. The summed E-state index contributed by atoms with van der Waals surface area (Å²) in [6, 6.07) is 0. The van der Waals surface area contributed by atoms with Gasteiger partial charge in [0.1, 0.15) is 0 Å². The van der Waals surface area contributed by atoms with Crippen molar-refractivity contribution in [1.29, 1.82) is 0 Å². The Hall–Kier alpha value is -0.225. The minimum absolute atomic E-state index is 0.691. The molecule has 0 rings (SSSR count). The first-order valence-electron chi connectivity index (χ1n) is 2.55. The maximum Gasteiger partial charge on any atom is 0.762 e. The van der Waals surface area contributed by atoms with Gasteiger partial charge in [-0.2, -0.15) is 0 Å². The third-order valence-corrected chi connectivity index (χ3v) is 0.492. The van der Waals surface area contributed by atoms with Crippen molar-refractivity contribution in [1.82, 2.24) is 0 Å². The van der Waals surface area contributed by atoms with E-state index in [4.69, 9.17) is 0 Å². The zero-order chi connectivity index (χ0) is 8.41. The summed E-state index contributed by atoms with van der Waals surface area (Å²) in [5.41, 5.74) is 0. The summed E-state index contributed by atoms with van der Waals surface area (Å²) in [4.78, 5) is 0. The summed E-state index contributed by atoms with van der Waals surface area (Å²) in [5.74, 6) is 0. The first kappa shape index (κ1) is 12.5. The Bertz CT molecular complexity index is 49.0. The Morgan fingerprint density at radius 2 is 1.20 bits per heavy atom. The first-order valence-corrected chi connectivity index (χ1v) is 2.55. The van der Waals surface area contributed by atoms with Crippen LogP contribution in [-0.4, -0.2) is 35.0 Å². The number of hydrogen-bond acceptors (Lipinski definition) is 2. The summed E-state index contributed by atoms with van der Waals surface area (Å²) >= 11 is 0. The Labute approximate surface area is 58.5 Å². The number of ether oxygens (including phenoxy) is 2. The molecule has 0 N–H and O–H groups in total. The minimum atomic E-state index is -3.67. The van der Waals surface area contributed by atoms with E-state index in [0.717, 1.165) is 0 Å². The molecule has 0 aliphatic rings. The van der Waals surface area contributed by atoms with Gasteiger partial charge in [-0.05, 0) is 0 Å². The summed E-state index contributed by atoms with van der Waals surface area (Å²) in [6.07, 6.45) is 0.